The van der Waals surface area contributed by atoms with Gasteiger partial charge in [0, 0.05) is 36.7 Å². The molecule has 0 radical (unpaired) electrons. The van der Waals surface area contributed by atoms with Gasteiger partial charge in [0.25, 0.3) is 5.91 Å². The number of rotatable bonds is 6. The summed E-state index contributed by atoms with van der Waals surface area (Å²) in [7, 11) is 0. The van der Waals surface area contributed by atoms with Crippen LogP contribution in [0.15, 0.2) is 54.9 Å². The highest BCUT2D eigenvalue weighted by molar-refractivity contribution is 7.78. The van der Waals surface area contributed by atoms with Gasteiger partial charge in [-0.2, -0.15) is 0 Å². The summed E-state index contributed by atoms with van der Waals surface area (Å²) in [5, 5.41) is 2.89. The lowest BCUT2D eigenvalue weighted by Gasteiger charge is -2.28. The number of aromatic nitrogens is 2. The van der Waals surface area contributed by atoms with Crippen molar-refractivity contribution in [3.8, 4) is 11.1 Å². The fourth-order valence-corrected chi connectivity index (χ4v) is 3.98. The number of nitrogens with one attached hydrogen (secondary N) is 1. The minimum absolute atomic E-state index is 0.233. The average molecular weight is 452 g/mol. The highest BCUT2D eigenvalue weighted by Gasteiger charge is 2.14. The number of carbonyl (C=O) groups excluding carboxylic acids is 1. The molecule has 0 bridgehead atoms. The van der Waals surface area contributed by atoms with Crippen LogP contribution in [0.5, 0.6) is 0 Å². The first-order valence-corrected chi connectivity index (χ1v) is 11.5. The van der Waals surface area contributed by atoms with Crippen LogP contribution in [0.2, 0.25) is 0 Å². The van der Waals surface area contributed by atoms with E-state index in [0.29, 0.717) is 30.2 Å². The largest absolute Gasteiger partial charge is 0.772 e. The molecule has 32 heavy (non-hydrogen) atoms. The molecule has 0 spiro atoms. The monoisotopic (exact) mass is 451 g/mol. The number of morpholine rings is 1. The number of hydrogen-bond acceptors (Lipinski definition) is 7. The molecule has 3 aromatic rings. The highest BCUT2D eigenvalue weighted by Crippen LogP contribution is 2.29. The molecule has 2 aromatic heterocycles. The Kier molecular flexibility index (Phi) is 6.89. The Bertz CT molecular complexity index is 1150. The topological polar surface area (TPSA) is 107 Å². The van der Waals surface area contributed by atoms with Gasteiger partial charge in [-0.05, 0) is 71.1 Å². The number of carbonyl (C=O) groups is 1. The average Bonchev–Trinajstić information content (AvgIpc) is 2.81. The van der Waals surface area contributed by atoms with E-state index in [2.05, 4.69) is 26.3 Å². The van der Waals surface area contributed by atoms with E-state index in [9.17, 15) is 13.6 Å². The Morgan fingerprint density at radius 3 is 2.69 bits per heavy atom. The summed E-state index contributed by atoms with van der Waals surface area (Å²) >= 11 is -2.27. The molecule has 1 aliphatic heterocycles. The maximum absolute atomic E-state index is 12.7. The third-order valence-electron chi connectivity index (χ3n) is 5.23. The first-order valence-electron chi connectivity index (χ1n) is 10.2. The van der Waals surface area contributed by atoms with Crippen LogP contribution >= 0.6 is 0 Å². The standard InChI is InChI=1S/C23H24N4O4S/c1-16-2-3-19(26-23(28)18-5-6-24-20(12-18)15-32(29)30)14-21(16)17-4-7-25-22(13-17)27-8-10-31-11-9-27/h2-7,12-14H,8-11,15H2,1H3,(H,26,28)(H,29,30)/p-1. The van der Waals surface area contributed by atoms with Crippen LogP contribution in [0.25, 0.3) is 11.1 Å². The first kappa shape index (κ1) is 22.1. The Hall–Kier alpha value is -3.14. The van der Waals surface area contributed by atoms with Crippen molar-refractivity contribution in [1.29, 1.82) is 0 Å². The molecule has 0 aliphatic carbocycles. The molecule has 1 saturated heterocycles. The molecule has 1 unspecified atom stereocenters. The normalized spacial score (nSPS) is 14.8. The zero-order valence-electron chi connectivity index (χ0n) is 17.6. The number of aryl methyl sites for hydroxylation is 1. The minimum atomic E-state index is -2.27. The van der Waals surface area contributed by atoms with Gasteiger partial charge in [-0.1, -0.05) is 6.07 Å². The number of pyridine rings is 2. The van der Waals surface area contributed by atoms with Crippen LogP contribution in [0.4, 0.5) is 11.5 Å². The van der Waals surface area contributed by atoms with Crippen LogP contribution in [-0.4, -0.2) is 50.9 Å². The second kappa shape index (κ2) is 9.99. The van der Waals surface area contributed by atoms with E-state index >= 15 is 0 Å². The van der Waals surface area contributed by atoms with E-state index in [1.807, 2.05) is 31.2 Å². The van der Waals surface area contributed by atoms with Gasteiger partial charge in [0.15, 0.2) is 0 Å². The predicted octanol–water partition coefficient (Wildman–Crippen LogP) is 2.92. The van der Waals surface area contributed by atoms with Gasteiger partial charge < -0.3 is 19.5 Å². The molecular weight excluding hydrogens is 428 g/mol. The van der Waals surface area contributed by atoms with Crippen molar-refractivity contribution >= 4 is 28.5 Å². The summed E-state index contributed by atoms with van der Waals surface area (Å²) in [6.07, 6.45) is 3.23. The number of benzene rings is 1. The first-order chi connectivity index (χ1) is 15.5. The van der Waals surface area contributed by atoms with Crippen molar-refractivity contribution in [1.82, 2.24) is 9.97 Å². The summed E-state index contributed by atoms with van der Waals surface area (Å²) in [4.78, 5) is 23.4. The van der Waals surface area contributed by atoms with E-state index in [-0.39, 0.29) is 11.7 Å². The molecule has 4 rings (SSSR count). The van der Waals surface area contributed by atoms with Gasteiger partial charge in [-0.15, -0.1) is 0 Å². The third-order valence-corrected chi connectivity index (χ3v) is 5.76. The lowest BCUT2D eigenvalue weighted by molar-refractivity contribution is 0.102. The molecule has 3 heterocycles. The fourth-order valence-electron chi connectivity index (χ4n) is 3.58. The predicted molar refractivity (Wildman–Crippen MR) is 122 cm³/mol. The molecule has 1 N–H and O–H groups in total. The van der Waals surface area contributed by atoms with E-state index in [1.165, 1.54) is 12.3 Å². The van der Waals surface area contributed by atoms with Crippen molar-refractivity contribution in [3.63, 3.8) is 0 Å². The van der Waals surface area contributed by atoms with Gasteiger partial charge in [-0.3, -0.25) is 14.0 Å². The Morgan fingerprint density at radius 1 is 1.12 bits per heavy atom. The van der Waals surface area contributed by atoms with Crippen molar-refractivity contribution in [2.45, 2.75) is 12.7 Å². The van der Waals surface area contributed by atoms with Gasteiger partial charge >= 0.3 is 0 Å². The van der Waals surface area contributed by atoms with Gasteiger partial charge in [0.1, 0.15) is 5.82 Å². The Balaban J connectivity index is 1.56. The fraction of sp³-hybridized carbons (Fsp3) is 0.261. The minimum Gasteiger partial charge on any atom is -0.772 e. The van der Waals surface area contributed by atoms with Gasteiger partial charge in [-0.25, -0.2) is 4.98 Å². The highest BCUT2D eigenvalue weighted by atomic mass is 32.2. The second-order valence-electron chi connectivity index (χ2n) is 7.47. The van der Waals surface area contributed by atoms with Crippen molar-refractivity contribution in [3.05, 3.63) is 71.7 Å². The summed E-state index contributed by atoms with van der Waals surface area (Å²) in [5.41, 5.74) is 4.40. The van der Waals surface area contributed by atoms with Gasteiger partial charge in [0.2, 0.25) is 0 Å². The maximum atomic E-state index is 12.7. The van der Waals surface area contributed by atoms with Crippen LogP contribution in [0, 0.1) is 6.92 Å². The number of hydrogen-bond donors (Lipinski definition) is 1. The lowest BCUT2D eigenvalue weighted by Crippen LogP contribution is -2.36. The maximum Gasteiger partial charge on any atom is 0.255 e. The van der Waals surface area contributed by atoms with Crippen molar-refractivity contribution in [2.75, 3.05) is 36.5 Å². The Labute approximate surface area is 188 Å². The quantitative estimate of drug-likeness (QED) is 0.574. The zero-order valence-corrected chi connectivity index (χ0v) is 18.4. The number of anilines is 2. The van der Waals surface area contributed by atoms with Crippen molar-refractivity contribution in [2.24, 2.45) is 0 Å². The Morgan fingerprint density at radius 2 is 1.91 bits per heavy atom. The molecule has 1 aliphatic rings. The second-order valence-corrected chi connectivity index (χ2v) is 8.37. The summed E-state index contributed by atoms with van der Waals surface area (Å²) < 4.78 is 27.3. The van der Waals surface area contributed by atoms with E-state index < -0.39 is 11.1 Å². The zero-order chi connectivity index (χ0) is 22.5. The molecule has 166 valence electrons. The summed E-state index contributed by atoms with van der Waals surface area (Å²) in [6.45, 7) is 5.01. The molecule has 0 saturated carbocycles. The van der Waals surface area contributed by atoms with Crippen LogP contribution in [-0.2, 0) is 21.6 Å². The van der Waals surface area contributed by atoms with Crippen LogP contribution < -0.4 is 10.2 Å². The van der Waals surface area contributed by atoms with Gasteiger partial charge in [0.05, 0.1) is 24.7 Å². The van der Waals surface area contributed by atoms with E-state index in [1.54, 1.807) is 12.3 Å². The molecular formula is C23H23N4O4S-. The molecule has 1 amide bonds. The van der Waals surface area contributed by atoms with E-state index in [4.69, 9.17) is 4.74 Å². The SMILES string of the molecule is Cc1ccc(NC(=O)c2ccnc(CS(=O)[O-])c2)cc1-c1ccnc(N2CCOCC2)c1. The lowest BCUT2D eigenvalue weighted by atomic mass is 10.0. The summed E-state index contributed by atoms with van der Waals surface area (Å²) in [5.74, 6) is 0.340. The summed E-state index contributed by atoms with van der Waals surface area (Å²) in [6, 6.07) is 12.8. The van der Waals surface area contributed by atoms with E-state index in [0.717, 1.165) is 35.6 Å². The number of amides is 1. The number of nitrogens with zero attached hydrogens (tertiary/aromatic N) is 3. The molecule has 1 fully saturated rings. The number of ether oxygens (including phenoxy) is 1. The molecule has 9 heteroatoms. The smallest absolute Gasteiger partial charge is 0.255 e. The van der Waals surface area contributed by atoms with Crippen molar-refractivity contribution < 1.29 is 18.3 Å². The third kappa shape index (κ3) is 5.37. The molecule has 8 nitrogen and oxygen atoms in total. The molecule has 1 aromatic carbocycles. The van der Waals surface area contributed by atoms with Crippen LogP contribution in [0.3, 0.4) is 0 Å². The van der Waals surface area contributed by atoms with Crippen LogP contribution in [0.1, 0.15) is 21.6 Å². The molecule has 1 atom stereocenters.